The summed E-state index contributed by atoms with van der Waals surface area (Å²) >= 11 is 0. The van der Waals surface area contributed by atoms with Crippen LogP contribution < -0.4 is 5.32 Å². The van der Waals surface area contributed by atoms with Crippen molar-refractivity contribution in [3.63, 3.8) is 0 Å². The van der Waals surface area contributed by atoms with Gasteiger partial charge >= 0.3 is 0 Å². The van der Waals surface area contributed by atoms with E-state index in [0.717, 1.165) is 19.6 Å². The Hall–Kier alpha value is -0.860. The summed E-state index contributed by atoms with van der Waals surface area (Å²) in [6.45, 7) is 10.6. The minimum Gasteiger partial charge on any atom is -0.309 e. The molecule has 0 radical (unpaired) electrons. The molecule has 0 bridgehead atoms. The van der Waals surface area contributed by atoms with Gasteiger partial charge in [0.1, 0.15) is 0 Å². The Morgan fingerprint density at radius 1 is 1.11 bits per heavy atom. The second kappa shape index (κ2) is 5.26. The molecule has 104 valence electrons. The third kappa shape index (κ3) is 3.18. The lowest BCUT2D eigenvalue weighted by molar-refractivity contribution is 0.256. The predicted octanol–water partition coefficient (Wildman–Crippen LogP) is 3.30. The maximum absolute atomic E-state index is 3.43. The fourth-order valence-corrected chi connectivity index (χ4v) is 3.34. The van der Waals surface area contributed by atoms with Crippen LogP contribution in [0.1, 0.15) is 49.8 Å². The van der Waals surface area contributed by atoms with Gasteiger partial charge in [0, 0.05) is 19.6 Å². The Balaban J connectivity index is 1.65. The average molecular weight is 258 g/mol. The van der Waals surface area contributed by atoms with Gasteiger partial charge in [-0.15, -0.1) is 0 Å². The lowest BCUT2D eigenvalue weighted by Crippen LogP contribution is -2.25. The van der Waals surface area contributed by atoms with Crippen LogP contribution in [0.15, 0.2) is 18.2 Å². The van der Waals surface area contributed by atoms with Crippen LogP contribution in [0.4, 0.5) is 0 Å². The van der Waals surface area contributed by atoms with E-state index in [4.69, 9.17) is 0 Å². The van der Waals surface area contributed by atoms with Gasteiger partial charge in [-0.1, -0.05) is 32.0 Å². The first-order valence-corrected chi connectivity index (χ1v) is 7.66. The van der Waals surface area contributed by atoms with Crippen LogP contribution in [0.3, 0.4) is 0 Å². The van der Waals surface area contributed by atoms with E-state index in [0.29, 0.717) is 5.41 Å². The first-order valence-electron chi connectivity index (χ1n) is 7.66. The molecule has 0 aliphatic carbocycles. The summed E-state index contributed by atoms with van der Waals surface area (Å²) in [7, 11) is 0. The highest BCUT2D eigenvalue weighted by Gasteiger charge is 2.23. The van der Waals surface area contributed by atoms with Crippen LogP contribution in [-0.4, -0.2) is 18.0 Å². The van der Waals surface area contributed by atoms with Gasteiger partial charge in [-0.3, -0.25) is 4.90 Å². The van der Waals surface area contributed by atoms with E-state index < -0.39 is 0 Å². The van der Waals surface area contributed by atoms with Crippen molar-refractivity contribution >= 4 is 0 Å². The molecule has 2 heterocycles. The van der Waals surface area contributed by atoms with Crippen molar-refractivity contribution in [2.75, 3.05) is 13.1 Å². The number of likely N-dealkylation sites (tertiary alicyclic amines) is 1. The third-order valence-corrected chi connectivity index (χ3v) is 4.74. The molecule has 1 saturated heterocycles. The smallest absolute Gasteiger partial charge is 0.0233 e. The van der Waals surface area contributed by atoms with E-state index in [1.807, 2.05) is 0 Å². The molecule has 1 N–H and O–H groups in total. The van der Waals surface area contributed by atoms with Crippen LogP contribution in [0.2, 0.25) is 0 Å². The molecule has 2 aliphatic rings. The maximum Gasteiger partial charge on any atom is 0.0233 e. The molecule has 2 nitrogen and oxygen atoms in total. The molecule has 2 heteroatoms. The van der Waals surface area contributed by atoms with Gasteiger partial charge in [0.25, 0.3) is 0 Å². The van der Waals surface area contributed by atoms with Gasteiger partial charge in [-0.2, -0.15) is 0 Å². The summed E-state index contributed by atoms with van der Waals surface area (Å²) in [5.74, 6) is 0. The number of rotatable bonds is 2. The standard InChI is InChI=1S/C17H26N2/c1-17(2)6-3-8-19(9-7-17)13-14-4-5-15-11-18-12-16(15)10-14/h4-5,10,18H,3,6-9,11-13H2,1-2H3. The molecule has 0 spiro atoms. The van der Waals surface area contributed by atoms with Crippen molar-refractivity contribution < 1.29 is 0 Å². The molecule has 0 saturated carbocycles. The minimum absolute atomic E-state index is 0.538. The number of hydrogen-bond acceptors (Lipinski definition) is 2. The molecule has 19 heavy (non-hydrogen) atoms. The zero-order chi connectivity index (χ0) is 13.3. The highest BCUT2D eigenvalue weighted by Crippen LogP contribution is 2.30. The van der Waals surface area contributed by atoms with E-state index >= 15 is 0 Å². The summed E-state index contributed by atoms with van der Waals surface area (Å²) in [6.07, 6.45) is 4.05. The van der Waals surface area contributed by atoms with Gasteiger partial charge in [0.2, 0.25) is 0 Å². The van der Waals surface area contributed by atoms with Crippen molar-refractivity contribution in [1.29, 1.82) is 0 Å². The normalized spacial score (nSPS) is 23.1. The van der Waals surface area contributed by atoms with E-state index in [9.17, 15) is 0 Å². The maximum atomic E-state index is 3.43. The Morgan fingerprint density at radius 3 is 2.84 bits per heavy atom. The number of nitrogens with one attached hydrogen (secondary N) is 1. The highest BCUT2D eigenvalue weighted by molar-refractivity contribution is 5.34. The lowest BCUT2D eigenvalue weighted by atomic mass is 9.85. The molecular formula is C17H26N2. The Kier molecular flexibility index (Phi) is 3.64. The van der Waals surface area contributed by atoms with Gasteiger partial charge in [-0.25, -0.2) is 0 Å². The monoisotopic (exact) mass is 258 g/mol. The second-order valence-corrected chi connectivity index (χ2v) is 7.00. The number of benzene rings is 1. The summed E-state index contributed by atoms with van der Waals surface area (Å²) in [4.78, 5) is 2.64. The van der Waals surface area contributed by atoms with Crippen molar-refractivity contribution in [2.45, 2.75) is 52.7 Å². The van der Waals surface area contributed by atoms with E-state index in [1.165, 1.54) is 49.0 Å². The largest absolute Gasteiger partial charge is 0.309 e. The molecule has 0 atom stereocenters. The molecule has 2 aliphatic heterocycles. The van der Waals surface area contributed by atoms with Crippen LogP contribution in [-0.2, 0) is 19.6 Å². The number of nitrogens with zero attached hydrogens (tertiary/aromatic N) is 1. The average Bonchev–Trinajstić information content (AvgIpc) is 2.76. The van der Waals surface area contributed by atoms with Crippen molar-refractivity contribution in [3.05, 3.63) is 34.9 Å². The Bertz CT molecular complexity index is 451. The number of fused-ring (bicyclic) bond motifs is 1. The zero-order valence-electron chi connectivity index (χ0n) is 12.3. The van der Waals surface area contributed by atoms with E-state index in [2.05, 4.69) is 42.3 Å². The molecule has 3 rings (SSSR count). The molecule has 1 fully saturated rings. The van der Waals surface area contributed by atoms with Gasteiger partial charge in [0.15, 0.2) is 0 Å². The lowest BCUT2D eigenvalue weighted by Gasteiger charge is -2.23. The molecule has 0 unspecified atom stereocenters. The Morgan fingerprint density at radius 2 is 1.95 bits per heavy atom. The van der Waals surface area contributed by atoms with Crippen LogP contribution in [0.25, 0.3) is 0 Å². The van der Waals surface area contributed by atoms with E-state index in [1.54, 1.807) is 0 Å². The van der Waals surface area contributed by atoms with Crippen LogP contribution >= 0.6 is 0 Å². The van der Waals surface area contributed by atoms with Gasteiger partial charge in [-0.05, 0) is 54.5 Å². The Labute approximate surface area is 117 Å². The summed E-state index contributed by atoms with van der Waals surface area (Å²) in [6, 6.07) is 7.04. The van der Waals surface area contributed by atoms with E-state index in [-0.39, 0.29) is 0 Å². The van der Waals surface area contributed by atoms with Crippen molar-refractivity contribution in [2.24, 2.45) is 5.41 Å². The SMILES string of the molecule is CC1(C)CCCN(Cc2ccc3c(c2)CNC3)CC1. The molecule has 1 aromatic carbocycles. The molecule has 1 aromatic rings. The fourth-order valence-electron chi connectivity index (χ4n) is 3.34. The van der Waals surface area contributed by atoms with Crippen LogP contribution in [0.5, 0.6) is 0 Å². The second-order valence-electron chi connectivity index (χ2n) is 7.00. The predicted molar refractivity (Wildman–Crippen MR) is 79.9 cm³/mol. The van der Waals surface area contributed by atoms with Gasteiger partial charge < -0.3 is 5.32 Å². The summed E-state index contributed by atoms with van der Waals surface area (Å²) < 4.78 is 0. The molecule has 0 amide bonds. The quantitative estimate of drug-likeness (QED) is 0.875. The van der Waals surface area contributed by atoms with Crippen LogP contribution in [0, 0.1) is 5.41 Å². The van der Waals surface area contributed by atoms with Crippen molar-refractivity contribution in [3.8, 4) is 0 Å². The molecular weight excluding hydrogens is 232 g/mol. The summed E-state index contributed by atoms with van der Waals surface area (Å²) in [5, 5.41) is 3.43. The van der Waals surface area contributed by atoms with Crippen molar-refractivity contribution in [1.82, 2.24) is 10.2 Å². The summed E-state index contributed by atoms with van der Waals surface area (Å²) in [5.41, 5.74) is 5.02. The fraction of sp³-hybridized carbons (Fsp3) is 0.647. The van der Waals surface area contributed by atoms with Gasteiger partial charge in [0.05, 0.1) is 0 Å². The first kappa shape index (κ1) is 13.1. The topological polar surface area (TPSA) is 15.3 Å². The minimum atomic E-state index is 0.538. The third-order valence-electron chi connectivity index (χ3n) is 4.74. The molecule has 0 aromatic heterocycles. The zero-order valence-corrected chi connectivity index (χ0v) is 12.3. The first-order chi connectivity index (χ1) is 9.12. The number of hydrogen-bond donors (Lipinski definition) is 1. The highest BCUT2D eigenvalue weighted by atomic mass is 15.1.